The van der Waals surface area contributed by atoms with Crippen LogP contribution in [-0.2, 0) is 10.1 Å². The smallest absolute Gasteiger partial charge is 0.376 e. The van der Waals surface area contributed by atoms with Crippen LogP contribution in [0.25, 0.3) is 0 Å². The van der Waals surface area contributed by atoms with Crippen LogP contribution in [0.4, 0.5) is 13.2 Å². The van der Waals surface area contributed by atoms with Gasteiger partial charge in [-0.1, -0.05) is 24.0 Å². The average Bonchev–Trinajstić information content (AvgIpc) is 2.52. The zero-order valence-electron chi connectivity index (χ0n) is 12.4. The van der Waals surface area contributed by atoms with Gasteiger partial charge in [0.1, 0.15) is 5.75 Å². The molecule has 2 N–H and O–H groups in total. The average molecular weight is 369 g/mol. The molecule has 130 valence electrons. The molecule has 2 aromatic carbocycles. The number of carbonyl (C=O) groups is 1. The van der Waals surface area contributed by atoms with E-state index in [9.17, 15) is 26.4 Å². The standard InChI is InChI=1S/C16H10F3NO4S/c17-16(18,19)25(22,23)24-14-6-2-4-12(10-14)8-7-11-3-1-5-13(9-11)15(20)21/h1-6,9-10H,(H2,20,21). The summed E-state index contributed by atoms with van der Waals surface area (Å²) in [5, 5.41) is 0. The molecule has 0 aliphatic carbocycles. The summed E-state index contributed by atoms with van der Waals surface area (Å²) in [7, 11) is -5.75. The van der Waals surface area contributed by atoms with E-state index in [0.717, 1.165) is 12.1 Å². The molecule has 2 aromatic rings. The second-order valence-corrected chi connectivity index (χ2v) is 6.24. The molecule has 5 nitrogen and oxygen atoms in total. The Morgan fingerprint density at radius 1 is 1.00 bits per heavy atom. The van der Waals surface area contributed by atoms with Crippen molar-refractivity contribution in [3.05, 3.63) is 65.2 Å². The monoisotopic (exact) mass is 369 g/mol. The Hall–Kier alpha value is -2.99. The molecule has 0 heterocycles. The van der Waals surface area contributed by atoms with E-state index in [2.05, 4.69) is 16.0 Å². The minimum Gasteiger partial charge on any atom is -0.376 e. The summed E-state index contributed by atoms with van der Waals surface area (Å²) in [6, 6.07) is 11.0. The number of halogens is 3. The molecule has 0 unspecified atom stereocenters. The molecule has 0 aliphatic heterocycles. The van der Waals surface area contributed by atoms with Gasteiger partial charge >= 0.3 is 15.6 Å². The van der Waals surface area contributed by atoms with Gasteiger partial charge in [-0.05, 0) is 36.4 Å². The van der Waals surface area contributed by atoms with Crippen molar-refractivity contribution in [2.24, 2.45) is 5.73 Å². The number of nitrogens with two attached hydrogens (primary N) is 1. The molecule has 0 radical (unpaired) electrons. The van der Waals surface area contributed by atoms with Crippen molar-refractivity contribution < 1.29 is 30.6 Å². The molecule has 0 fully saturated rings. The van der Waals surface area contributed by atoms with Crippen molar-refractivity contribution in [2.45, 2.75) is 5.51 Å². The number of alkyl halides is 3. The van der Waals surface area contributed by atoms with Crippen LogP contribution in [0, 0.1) is 11.8 Å². The van der Waals surface area contributed by atoms with Crippen LogP contribution >= 0.6 is 0 Å². The lowest BCUT2D eigenvalue weighted by Crippen LogP contribution is -2.28. The van der Waals surface area contributed by atoms with Crippen molar-refractivity contribution in [1.29, 1.82) is 0 Å². The Morgan fingerprint density at radius 2 is 1.56 bits per heavy atom. The topological polar surface area (TPSA) is 86.5 Å². The number of rotatable bonds is 3. The van der Waals surface area contributed by atoms with Crippen molar-refractivity contribution in [3.8, 4) is 17.6 Å². The molecule has 25 heavy (non-hydrogen) atoms. The highest BCUT2D eigenvalue weighted by Crippen LogP contribution is 2.27. The van der Waals surface area contributed by atoms with Crippen LogP contribution in [-0.4, -0.2) is 19.8 Å². The Balaban J connectivity index is 2.27. The second-order valence-electron chi connectivity index (χ2n) is 4.71. The normalized spacial score (nSPS) is 11.3. The maximum Gasteiger partial charge on any atom is 0.534 e. The zero-order valence-corrected chi connectivity index (χ0v) is 13.2. The zero-order chi connectivity index (χ0) is 18.7. The van der Waals surface area contributed by atoms with E-state index in [-0.39, 0.29) is 11.1 Å². The lowest BCUT2D eigenvalue weighted by atomic mass is 10.1. The van der Waals surface area contributed by atoms with Crippen LogP contribution in [0.1, 0.15) is 21.5 Å². The third-order valence-corrected chi connectivity index (χ3v) is 3.80. The van der Waals surface area contributed by atoms with Gasteiger partial charge in [0, 0.05) is 16.7 Å². The number of carbonyl (C=O) groups excluding carboxylic acids is 1. The fourth-order valence-corrected chi connectivity index (χ4v) is 2.15. The van der Waals surface area contributed by atoms with Gasteiger partial charge in [0.05, 0.1) is 0 Å². The van der Waals surface area contributed by atoms with Gasteiger partial charge in [-0.25, -0.2) is 0 Å². The number of amides is 1. The fraction of sp³-hybridized carbons (Fsp3) is 0.0625. The summed E-state index contributed by atoms with van der Waals surface area (Å²) >= 11 is 0. The van der Waals surface area contributed by atoms with Crippen LogP contribution in [0.15, 0.2) is 48.5 Å². The molecule has 0 atom stereocenters. The van der Waals surface area contributed by atoms with Crippen LogP contribution in [0.5, 0.6) is 5.75 Å². The van der Waals surface area contributed by atoms with Gasteiger partial charge in [0.15, 0.2) is 0 Å². The van der Waals surface area contributed by atoms with Gasteiger partial charge < -0.3 is 9.92 Å². The SMILES string of the molecule is NC(=O)c1cccc(C#Cc2cccc(OS(=O)(=O)C(F)(F)F)c2)c1. The Kier molecular flexibility index (Phi) is 5.04. The molecule has 0 aliphatic rings. The number of benzene rings is 2. The first-order chi connectivity index (χ1) is 11.6. The van der Waals surface area contributed by atoms with Gasteiger partial charge in [-0.3, -0.25) is 4.79 Å². The highest BCUT2D eigenvalue weighted by molar-refractivity contribution is 7.88. The molecular weight excluding hydrogens is 359 g/mol. The van der Waals surface area contributed by atoms with Crippen molar-refractivity contribution >= 4 is 16.0 Å². The Morgan fingerprint density at radius 3 is 2.12 bits per heavy atom. The summed E-state index contributed by atoms with van der Waals surface area (Å²) in [5.41, 5.74) is 0.549. The van der Waals surface area contributed by atoms with Crippen LogP contribution in [0.2, 0.25) is 0 Å². The summed E-state index contributed by atoms with van der Waals surface area (Å²) in [4.78, 5) is 11.1. The second kappa shape index (κ2) is 6.86. The summed E-state index contributed by atoms with van der Waals surface area (Å²) in [6.45, 7) is 0. The van der Waals surface area contributed by atoms with Gasteiger partial charge in [-0.2, -0.15) is 21.6 Å². The minimum absolute atomic E-state index is 0.222. The maximum atomic E-state index is 12.3. The highest BCUT2D eigenvalue weighted by atomic mass is 32.2. The molecule has 2 rings (SSSR count). The largest absolute Gasteiger partial charge is 0.534 e. The van der Waals surface area contributed by atoms with E-state index in [1.807, 2.05) is 0 Å². The van der Waals surface area contributed by atoms with Crippen molar-refractivity contribution in [3.63, 3.8) is 0 Å². The lowest BCUT2D eigenvalue weighted by Gasteiger charge is -2.09. The molecule has 0 spiro atoms. The van der Waals surface area contributed by atoms with E-state index in [1.165, 1.54) is 24.3 Å². The van der Waals surface area contributed by atoms with Crippen molar-refractivity contribution in [1.82, 2.24) is 0 Å². The van der Waals surface area contributed by atoms with Crippen LogP contribution in [0.3, 0.4) is 0 Å². The summed E-state index contributed by atoms with van der Waals surface area (Å²) in [5.74, 6) is 4.18. The number of hydrogen-bond donors (Lipinski definition) is 1. The van der Waals surface area contributed by atoms with E-state index in [1.54, 1.807) is 12.1 Å². The van der Waals surface area contributed by atoms with Gasteiger partial charge in [-0.15, -0.1) is 0 Å². The third kappa shape index (κ3) is 4.74. The van der Waals surface area contributed by atoms with E-state index in [0.29, 0.717) is 5.56 Å². The fourth-order valence-electron chi connectivity index (χ4n) is 1.69. The minimum atomic E-state index is -5.75. The highest BCUT2D eigenvalue weighted by Gasteiger charge is 2.48. The van der Waals surface area contributed by atoms with E-state index < -0.39 is 27.3 Å². The molecular formula is C16H10F3NO4S. The number of hydrogen-bond acceptors (Lipinski definition) is 4. The molecule has 0 aromatic heterocycles. The maximum absolute atomic E-state index is 12.3. The van der Waals surface area contributed by atoms with E-state index >= 15 is 0 Å². The molecule has 0 saturated heterocycles. The van der Waals surface area contributed by atoms with E-state index in [4.69, 9.17) is 5.73 Å². The molecule has 1 amide bonds. The van der Waals surface area contributed by atoms with Gasteiger partial charge in [0.2, 0.25) is 5.91 Å². The van der Waals surface area contributed by atoms with Gasteiger partial charge in [0.25, 0.3) is 0 Å². The van der Waals surface area contributed by atoms with Crippen molar-refractivity contribution in [2.75, 3.05) is 0 Å². The molecule has 0 saturated carbocycles. The first-order valence-corrected chi connectivity index (χ1v) is 8.02. The Bertz CT molecular complexity index is 973. The quantitative estimate of drug-likeness (QED) is 0.511. The first-order valence-electron chi connectivity index (χ1n) is 6.61. The summed E-state index contributed by atoms with van der Waals surface area (Å²) in [6.07, 6.45) is 0. The Labute approximate surface area is 141 Å². The van der Waals surface area contributed by atoms with Crippen LogP contribution < -0.4 is 9.92 Å². The number of primary amides is 1. The predicted octanol–water partition coefficient (Wildman–Crippen LogP) is 2.41. The predicted molar refractivity (Wildman–Crippen MR) is 83.0 cm³/mol. The lowest BCUT2D eigenvalue weighted by molar-refractivity contribution is -0.0500. The third-order valence-electron chi connectivity index (χ3n) is 2.82. The first kappa shape index (κ1) is 18.4. The molecule has 0 bridgehead atoms. The molecule has 9 heteroatoms. The summed E-state index contributed by atoms with van der Waals surface area (Å²) < 4.78 is 62.9.